The molecule has 1 aliphatic heterocycles. The van der Waals surface area contributed by atoms with Crippen molar-refractivity contribution in [2.45, 2.75) is 0 Å². The number of hydrogen-bond acceptors (Lipinski definition) is 4. The van der Waals surface area contributed by atoms with E-state index in [-0.39, 0.29) is 0 Å². The minimum atomic E-state index is 0.768. The first kappa shape index (κ1) is 13.5. The Bertz CT molecular complexity index is 621. The number of pyridine rings is 1. The summed E-state index contributed by atoms with van der Waals surface area (Å²) in [6.45, 7) is 4.03. The maximum Gasteiger partial charge on any atom is 0.136 e. The number of piperazine rings is 1. The summed E-state index contributed by atoms with van der Waals surface area (Å²) in [5.41, 5.74) is 1.18. The molecule has 0 bridgehead atoms. The average Bonchev–Trinajstić information content (AvgIpc) is 2.46. The summed E-state index contributed by atoms with van der Waals surface area (Å²) in [5.74, 6) is 0.982. The molecule has 1 aliphatic rings. The molecule has 5 heteroatoms. The van der Waals surface area contributed by atoms with Gasteiger partial charge in [-0.1, -0.05) is 11.6 Å². The molecule has 1 fully saturated rings. The van der Waals surface area contributed by atoms with Gasteiger partial charge in [-0.2, -0.15) is 0 Å². The van der Waals surface area contributed by atoms with Crippen molar-refractivity contribution in [1.29, 1.82) is 0 Å². The number of benzene rings is 1. The average molecular weight is 291 g/mol. The molecule has 3 rings (SSSR count). The lowest BCUT2D eigenvalue weighted by atomic mass is 10.1. The molecule has 2 heterocycles. The monoisotopic (exact) mass is 290 g/mol. The third kappa shape index (κ3) is 2.41. The molecule has 0 spiro atoms. The van der Waals surface area contributed by atoms with Gasteiger partial charge in [-0.05, 0) is 18.2 Å². The molecule has 1 N–H and O–H groups in total. The fourth-order valence-electron chi connectivity index (χ4n) is 2.70. The summed E-state index contributed by atoms with van der Waals surface area (Å²) in [5, 5.41) is 6.47. The number of hydrogen-bond donors (Lipinski definition) is 1. The van der Waals surface area contributed by atoms with E-state index in [2.05, 4.69) is 21.3 Å². The summed E-state index contributed by atoms with van der Waals surface area (Å²) in [6.07, 6.45) is 1.97. The second-order valence-corrected chi connectivity index (χ2v) is 5.72. The number of nitrogens with one attached hydrogen (secondary N) is 1. The van der Waals surface area contributed by atoms with Crippen LogP contribution < -0.4 is 15.1 Å². The van der Waals surface area contributed by atoms with Crippen LogP contribution in [-0.2, 0) is 0 Å². The molecule has 1 aromatic heterocycles. The van der Waals surface area contributed by atoms with Gasteiger partial charge >= 0.3 is 0 Å². The molecule has 0 unspecified atom stereocenters. The topological polar surface area (TPSA) is 31.4 Å². The van der Waals surface area contributed by atoms with Gasteiger partial charge in [0.15, 0.2) is 0 Å². The van der Waals surface area contributed by atoms with Gasteiger partial charge in [0.2, 0.25) is 0 Å². The number of nitrogens with zero attached hydrogens (tertiary/aromatic N) is 3. The molecule has 4 nitrogen and oxygen atoms in total. The highest BCUT2D eigenvalue weighted by Gasteiger charge is 2.16. The van der Waals surface area contributed by atoms with E-state index >= 15 is 0 Å². The first-order valence-corrected chi connectivity index (χ1v) is 7.26. The summed E-state index contributed by atoms with van der Waals surface area (Å²) < 4.78 is 0. The second-order valence-electron chi connectivity index (χ2n) is 5.29. The zero-order valence-corrected chi connectivity index (χ0v) is 12.6. The van der Waals surface area contributed by atoms with Crippen molar-refractivity contribution in [3.63, 3.8) is 0 Å². The summed E-state index contributed by atoms with van der Waals surface area (Å²) >= 11 is 6.20. The van der Waals surface area contributed by atoms with Gasteiger partial charge in [0.05, 0.1) is 11.9 Å². The lowest BCUT2D eigenvalue weighted by molar-refractivity contribution is 0.590. The summed E-state index contributed by atoms with van der Waals surface area (Å²) in [6, 6.07) is 6.04. The third-order valence-corrected chi connectivity index (χ3v) is 3.92. The van der Waals surface area contributed by atoms with E-state index in [1.165, 1.54) is 11.1 Å². The van der Waals surface area contributed by atoms with Gasteiger partial charge in [0, 0.05) is 56.1 Å². The normalized spacial score (nSPS) is 15.7. The molecule has 0 radical (unpaired) electrons. The van der Waals surface area contributed by atoms with Crippen LogP contribution in [0.3, 0.4) is 0 Å². The van der Waals surface area contributed by atoms with Crippen LogP contribution in [-0.4, -0.2) is 45.3 Å². The largest absolute Gasteiger partial charge is 0.367 e. The van der Waals surface area contributed by atoms with Crippen LogP contribution in [0.1, 0.15) is 0 Å². The zero-order valence-electron chi connectivity index (χ0n) is 11.9. The molecular formula is C15H19ClN4. The molecule has 1 aromatic carbocycles. The standard InChI is InChI=1S/C15H19ClN4/c1-19(2)15-12-4-3-11(16)9-13(12)14(10-18-15)20-7-5-17-6-8-20/h3-4,9-10,17H,5-8H2,1-2H3. The van der Waals surface area contributed by atoms with E-state index in [4.69, 9.17) is 11.6 Å². The Morgan fingerprint density at radius 3 is 2.65 bits per heavy atom. The molecule has 0 aliphatic carbocycles. The molecule has 1 saturated heterocycles. The first-order valence-electron chi connectivity index (χ1n) is 6.88. The van der Waals surface area contributed by atoms with Gasteiger partial charge in [-0.15, -0.1) is 0 Å². The Morgan fingerprint density at radius 2 is 1.95 bits per heavy atom. The quantitative estimate of drug-likeness (QED) is 0.920. The van der Waals surface area contributed by atoms with Crippen molar-refractivity contribution < 1.29 is 0 Å². The van der Waals surface area contributed by atoms with Crippen LogP contribution in [0.15, 0.2) is 24.4 Å². The molecule has 0 atom stereocenters. The van der Waals surface area contributed by atoms with Crippen molar-refractivity contribution in [3.8, 4) is 0 Å². The van der Waals surface area contributed by atoms with Crippen LogP contribution in [0.5, 0.6) is 0 Å². The second kappa shape index (κ2) is 5.46. The Hall–Kier alpha value is -1.52. The SMILES string of the molecule is CN(C)c1ncc(N2CCNCC2)c2cc(Cl)ccc12. The van der Waals surface area contributed by atoms with E-state index in [9.17, 15) is 0 Å². The molecule has 20 heavy (non-hydrogen) atoms. The van der Waals surface area contributed by atoms with Gasteiger partial charge < -0.3 is 15.1 Å². The number of fused-ring (bicyclic) bond motifs is 1. The van der Waals surface area contributed by atoms with Crippen molar-refractivity contribution in [2.24, 2.45) is 0 Å². The van der Waals surface area contributed by atoms with Crippen molar-refractivity contribution in [3.05, 3.63) is 29.4 Å². The lowest BCUT2D eigenvalue weighted by Crippen LogP contribution is -2.43. The third-order valence-electron chi connectivity index (χ3n) is 3.69. The number of rotatable bonds is 2. The van der Waals surface area contributed by atoms with Gasteiger partial charge in [0.1, 0.15) is 5.82 Å². The minimum Gasteiger partial charge on any atom is -0.367 e. The predicted molar refractivity (Wildman–Crippen MR) is 86.2 cm³/mol. The van der Waals surface area contributed by atoms with E-state index in [1.54, 1.807) is 0 Å². The maximum absolute atomic E-state index is 6.20. The van der Waals surface area contributed by atoms with Crippen LogP contribution >= 0.6 is 11.6 Å². The van der Waals surface area contributed by atoms with E-state index in [0.29, 0.717) is 0 Å². The van der Waals surface area contributed by atoms with E-state index in [1.807, 2.05) is 37.3 Å². The van der Waals surface area contributed by atoms with Gasteiger partial charge in [-0.25, -0.2) is 4.98 Å². The van der Waals surface area contributed by atoms with Crippen LogP contribution in [0.25, 0.3) is 10.8 Å². The van der Waals surface area contributed by atoms with Gasteiger partial charge in [-0.3, -0.25) is 0 Å². The van der Waals surface area contributed by atoms with E-state index < -0.39 is 0 Å². The molecule has 106 valence electrons. The Morgan fingerprint density at radius 1 is 1.20 bits per heavy atom. The fraction of sp³-hybridized carbons (Fsp3) is 0.400. The van der Waals surface area contributed by atoms with Gasteiger partial charge in [0.25, 0.3) is 0 Å². The molecular weight excluding hydrogens is 272 g/mol. The fourth-order valence-corrected chi connectivity index (χ4v) is 2.87. The Kier molecular flexibility index (Phi) is 3.68. The highest BCUT2D eigenvalue weighted by atomic mass is 35.5. The van der Waals surface area contributed by atoms with Crippen molar-refractivity contribution in [2.75, 3.05) is 50.1 Å². The summed E-state index contributed by atoms with van der Waals surface area (Å²) in [4.78, 5) is 9.05. The van der Waals surface area contributed by atoms with E-state index in [0.717, 1.165) is 42.4 Å². The van der Waals surface area contributed by atoms with Crippen molar-refractivity contribution >= 4 is 33.9 Å². The van der Waals surface area contributed by atoms with Crippen molar-refractivity contribution in [1.82, 2.24) is 10.3 Å². The highest BCUT2D eigenvalue weighted by molar-refractivity contribution is 6.31. The molecule has 2 aromatic rings. The molecule has 0 saturated carbocycles. The summed E-state index contributed by atoms with van der Waals surface area (Å²) in [7, 11) is 4.03. The Balaban J connectivity index is 2.17. The number of anilines is 2. The molecule has 0 amide bonds. The van der Waals surface area contributed by atoms with Crippen LogP contribution in [0, 0.1) is 0 Å². The first-order chi connectivity index (χ1) is 9.66. The zero-order chi connectivity index (χ0) is 14.1. The minimum absolute atomic E-state index is 0.768. The predicted octanol–water partition coefficient (Wildman–Crippen LogP) is 2.36. The lowest BCUT2D eigenvalue weighted by Gasteiger charge is -2.30. The van der Waals surface area contributed by atoms with Crippen LogP contribution in [0.4, 0.5) is 11.5 Å². The Labute approximate surface area is 124 Å². The number of aromatic nitrogens is 1. The maximum atomic E-state index is 6.20. The number of halogens is 1. The van der Waals surface area contributed by atoms with Crippen LogP contribution in [0.2, 0.25) is 5.02 Å². The highest BCUT2D eigenvalue weighted by Crippen LogP contribution is 2.33. The smallest absolute Gasteiger partial charge is 0.136 e.